The van der Waals surface area contributed by atoms with Gasteiger partial charge in [-0.05, 0) is 26.2 Å². The van der Waals surface area contributed by atoms with Crippen molar-refractivity contribution in [3.05, 3.63) is 17.0 Å². The van der Waals surface area contributed by atoms with Crippen LogP contribution in [0.3, 0.4) is 0 Å². The van der Waals surface area contributed by atoms with Gasteiger partial charge in [0.05, 0.1) is 12.3 Å². The molecule has 0 atom stereocenters. The van der Waals surface area contributed by atoms with Crippen LogP contribution in [-0.2, 0) is 6.42 Å². The van der Waals surface area contributed by atoms with Crippen LogP contribution in [0, 0.1) is 12.3 Å². The summed E-state index contributed by atoms with van der Waals surface area (Å²) in [5.74, 6) is 0.411. The lowest BCUT2D eigenvalue weighted by Crippen LogP contribution is -2.38. The van der Waals surface area contributed by atoms with Crippen LogP contribution in [0.15, 0.2) is 4.52 Å². The fraction of sp³-hybridized carbons (Fsp3) is 0.714. The van der Waals surface area contributed by atoms with Crippen LogP contribution in [-0.4, -0.2) is 29.3 Å². The topological polar surface area (TPSA) is 75.4 Å². The van der Waals surface area contributed by atoms with Crippen molar-refractivity contribution in [1.82, 2.24) is 10.5 Å². The molecule has 1 aliphatic rings. The Morgan fingerprint density at radius 1 is 1.47 bits per heavy atom. The van der Waals surface area contributed by atoms with Gasteiger partial charge in [0.25, 0.3) is 5.91 Å². The number of amides is 1. The van der Waals surface area contributed by atoms with Crippen molar-refractivity contribution in [1.29, 1.82) is 0 Å². The Morgan fingerprint density at radius 3 is 2.74 bits per heavy atom. The van der Waals surface area contributed by atoms with Gasteiger partial charge in [-0.2, -0.15) is 0 Å². The summed E-state index contributed by atoms with van der Waals surface area (Å²) in [4.78, 5) is 12.2. The molecule has 0 unspecified atom stereocenters. The van der Waals surface area contributed by atoms with Crippen molar-refractivity contribution in [2.45, 2.75) is 46.0 Å². The van der Waals surface area contributed by atoms with Gasteiger partial charge in [0.1, 0.15) is 11.3 Å². The predicted molar refractivity (Wildman–Crippen MR) is 70.9 cm³/mol. The normalized spacial score (nSPS) is 17.6. The third-order valence-electron chi connectivity index (χ3n) is 4.12. The van der Waals surface area contributed by atoms with E-state index in [9.17, 15) is 9.90 Å². The highest BCUT2D eigenvalue weighted by Crippen LogP contribution is 2.36. The number of aliphatic hydroxyl groups is 1. The highest BCUT2D eigenvalue weighted by Gasteiger charge is 2.34. The molecule has 0 spiro atoms. The lowest BCUT2D eigenvalue weighted by molar-refractivity contribution is 0.0878. The van der Waals surface area contributed by atoms with E-state index in [0.717, 1.165) is 25.7 Å². The largest absolute Gasteiger partial charge is 0.396 e. The Morgan fingerprint density at radius 2 is 2.16 bits per heavy atom. The number of aliphatic hydroxyl groups excluding tert-OH is 1. The number of aromatic nitrogens is 1. The summed E-state index contributed by atoms with van der Waals surface area (Å²) in [6.07, 6.45) is 4.89. The van der Waals surface area contributed by atoms with Gasteiger partial charge in [0.2, 0.25) is 0 Å². The minimum atomic E-state index is -0.143. The third kappa shape index (κ3) is 2.81. The second-order valence-electron chi connectivity index (χ2n) is 5.46. The molecule has 5 nitrogen and oxygen atoms in total. The molecule has 0 radical (unpaired) electrons. The quantitative estimate of drug-likeness (QED) is 0.852. The molecule has 2 N–H and O–H groups in total. The van der Waals surface area contributed by atoms with E-state index in [-0.39, 0.29) is 17.9 Å². The number of nitrogens with one attached hydrogen (secondary N) is 1. The fourth-order valence-electron chi connectivity index (χ4n) is 2.82. The molecular formula is C14H22N2O3. The average molecular weight is 266 g/mol. The number of carbonyl (C=O) groups is 1. The van der Waals surface area contributed by atoms with Gasteiger partial charge in [-0.1, -0.05) is 24.9 Å². The van der Waals surface area contributed by atoms with Crippen LogP contribution in [0.25, 0.3) is 0 Å². The Balaban J connectivity index is 2.03. The van der Waals surface area contributed by atoms with E-state index in [1.54, 1.807) is 6.92 Å². The molecule has 0 aromatic carbocycles. The van der Waals surface area contributed by atoms with Gasteiger partial charge in [-0.15, -0.1) is 0 Å². The minimum absolute atomic E-state index is 0.132. The molecule has 0 bridgehead atoms. The number of nitrogens with zero attached hydrogens (tertiary/aromatic N) is 1. The van der Waals surface area contributed by atoms with E-state index < -0.39 is 0 Å². The monoisotopic (exact) mass is 266 g/mol. The van der Waals surface area contributed by atoms with Gasteiger partial charge in [-0.3, -0.25) is 4.79 Å². The number of carbonyl (C=O) groups excluding carboxylic acids is 1. The highest BCUT2D eigenvalue weighted by atomic mass is 16.5. The fourth-order valence-corrected chi connectivity index (χ4v) is 2.82. The SMILES string of the molecule is CCc1noc(C)c1C(=O)NCC1(CO)CCCC1. The van der Waals surface area contributed by atoms with E-state index in [2.05, 4.69) is 10.5 Å². The Bertz CT molecular complexity index is 448. The number of hydrogen-bond donors (Lipinski definition) is 2. The van der Waals surface area contributed by atoms with Crippen LogP contribution in [0.4, 0.5) is 0 Å². The smallest absolute Gasteiger partial charge is 0.256 e. The maximum atomic E-state index is 12.2. The molecule has 19 heavy (non-hydrogen) atoms. The first kappa shape index (κ1) is 14.1. The predicted octanol–water partition coefficient (Wildman–Crippen LogP) is 1.83. The van der Waals surface area contributed by atoms with Crippen molar-refractivity contribution in [3.8, 4) is 0 Å². The molecule has 0 saturated heterocycles. The molecule has 1 aromatic heterocycles. The van der Waals surface area contributed by atoms with Gasteiger partial charge < -0.3 is 14.9 Å². The van der Waals surface area contributed by atoms with Gasteiger partial charge in [0, 0.05) is 12.0 Å². The van der Waals surface area contributed by atoms with E-state index in [1.165, 1.54) is 0 Å². The lowest BCUT2D eigenvalue weighted by Gasteiger charge is -2.26. The highest BCUT2D eigenvalue weighted by molar-refractivity contribution is 5.96. The van der Waals surface area contributed by atoms with Crippen molar-refractivity contribution in [3.63, 3.8) is 0 Å². The second-order valence-corrected chi connectivity index (χ2v) is 5.46. The Hall–Kier alpha value is -1.36. The number of aryl methyl sites for hydroxylation is 2. The van der Waals surface area contributed by atoms with Gasteiger partial charge >= 0.3 is 0 Å². The molecule has 1 saturated carbocycles. The summed E-state index contributed by atoms with van der Waals surface area (Å²) in [5, 5.41) is 16.4. The van der Waals surface area contributed by atoms with E-state index in [0.29, 0.717) is 30.0 Å². The molecule has 1 fully saturated rings. The van der Waals surface area contributed by atoms with Crippen molar-refractivity contribution < 1.29 is 14.4 Å². The maximum absolute atomic E-state index is 12.2. The van der Waals surface area contributed by atoms with Crippen molar-refractivity contribution >= 4 is 5.91 Å². The van der Waals surface area contributed by atoms with E-state index in [1.807, 2.05) is 6.92 Å². The molecule has 1 heterocycles. The van der Waals surface area contributed by atoms with Crippen LogP contribution in [0.5, 0.6) is 0 Å². The van der Waals surface area contributed by atoms with E-state index in [4.69, 9.17) is 4.52 Å². The molecule has 1 aromatic rings. The molecule has 1 amide bonds. The zero-order valence-electron chi connectivity index (χ0n) is 11.7. The van der Waals surface area contributed by atoms with Gasteiger partial charge in [-0.25, -0.2) is 0 Å². The standard InChI is InChI=1S/C14H22N2O3/c1-3-11-12(10(2)19-16-11)13(18)15-8-14(9-17)6-4-5-7-14/h17H,3-9H2,1-2H3,(H,15,18). The number of rotatable bonds is 5. The molecular weight excluding hydrogens is 244 g/mol. The Kier molecular flexibility index (Phi) is 4.24. The van der Waals surface area contributed by atoms with Crippen LogP contribution in [0.2, 0.25) is 0 Å². The molecule has 106 valence electrons. The zero-order chi connectivity index (χ0) is 13.9. The van der Waals surface area contributed by atoms with E-state index >= 15 is 0 Å². The average Bonchev–Trinajstić information content (AvgIpc) is 3.03. The number of hydrogen-bond acceptors (Lipinski definition) is 4. The first-order chi connectivity index (χ1) is 9.12. The second kappa shape index (κ2) is 5.74. The molecule has 1 aliphatic carbocycles. The zero-order valence-corrected chi connectivity index (χ0v) is 11.7. The summed E-state index contributed by atoms with van der Waals surface area (Å²) < 4.78 is 5.07. The van der Waals surface area contributed by atoms with Gasteiger partial charge in [0.15, 0.2) is 0 Å². The minimum Gasteiger partial charge on any atom is -0.396 e. The summed E-state index contributed by atoms with van der Waals surface area (Å²) >= 11 is 0. The molecule has 2 rings (SSSR count). The third-order valence-corrected chi connectivity index (χ3v) is 4.12. The first-order valence-corrected chi connectivity index (χ1v) is 6.96. The molecule has 0 aliphatic heterocycles. The van der Waals surface area contributed by atoms with Crippen molar-refractivity contribution in [2.24, 2.45) is 5.41 Å². The summed E-state index contributed by atoms with van der Waals surface area (Å²) in [7, 11) is 0. The summed E-state index contributed by atoms with van der Waals surface area (Å²) in [6, 6.07) is 0. The summed E-state index contributed by atoms with van der Waals surface area (Å²) in [6.45, 7) is 4.35. The van der Waals surface area contributed by atoms with Crippen LogP contribution < -0.4 is 5.32 Å². The van der Waals surface area contributed by atoms with Crippen LogP contribution >= 0.6 is 0 Å². The summed E-state index contributed by atoms with van der Waals surface area (Å²) in [5.41, 5.74) is 1.11. The van der Waals surface area contributed by atoms with Crippen molar-refractivity contribution in [2.75, 3.05) is 13.2 Å². The molecule has 5 heteroatoms. The van der Waals surface area contributed by atoms with Crippen LogP contribution in [0.1, 0.15) is 54.4 Å². The Labute approximate surface area is 113 Å². The maximum Gasteiger partial charge on any atom is 0.256 e. The lowest BCUT2D eigenvalue weighted by atomic mass is 9.87. The first-order valence-electron chi connectivity index (χ1n) is 6.96.